The minimum absolute atomic E-state index is 0.173. The topological polar surface area (TPSA) is 146 Å². The fourth-order valence-corrected chi connectivity index (χ4v) is 2.53. The molecule has 0 radical (unpaired) electrons. The maximum Gasteiger partial charge on any atom is 0.694 e. The number of hydrogen-bond donors (Lipinski definition) is 3. The van der Waals surface area contributed by atoms with Crippen molar-refractivity contribution in [2.75, 3.05) is 12.3 Å². The van der Waals surface area contributed by atoms with Crippen molar-refractivity contribution in [2.45, 2.75) is 24.9 Å². The number of aromatic nitrogens is 4. The van der Waals surface area contributed by atoms with E-state index in [1.165, 1.54) is 12.7 Å². The van der Waals surface area contributed by atoms with Crippen molar-refractivity contribution in [3.05, 3.63) is 12.7 Å². The van der Waals surface area contributed by atoms with Crippen LogP contribution in [0.3, 0.4) is 0 Å². The van der Waals surface area contributed by atoms with E-state index in [1.807, 2.05) is 0 Å². The number of aliphatic hydroxyl groups excluding tert-OH is 1. The molecular weight excluding hydrogens is 301 g/mol. The van der Waals surface area contributed by atoms with E-state index in [1.54, 1.807) is 4.57 Å². The van der Waals surface area contributed by atoms with Crippen LogP contribution in [0.5, 0.6) is 0 Å². The number of ether oxygens (including phenoxy) is 1. The monoisotopic (exact) mass is 314 g/mol. The van der Waals surface area contributed by atoms with Crippen LogP contribution in [-0.2, 0) is 13.8 Å². The molecule has 4 atom stereocenters. The van der Waals surface area contributed by atoms with Gasteiger partial charge in [0.25, 0.3) is 0 Å². The second-order valence-corrected chi connectivity index (χ2v) is 5.28. The first kappa shape index (κ1) is 14.2. The van der Waals surface area contributed by atoms with E-state index < -0.39 is 26.7 Å². The Morgan fingerprint density at radius 1 is 1.52 bits per heavy atom. The van der Waals surface area contributed by atoms with Gasteiger partial charge in [0.15, 0.2) is 11.5 Å². The lowest BCUT2D eigenvalue weighted by Gasteiger charge is -2.13. The molecule has 11 heteroatoms. The number of fused-ring (bicyclic) bond motifs is 1. The molecular formula is C10H13N5O5P+. The van der Waals surface area contributed by atoms with Crippen molar-refractivity contribution < 1.29 is 23.8 Å². The maximum atomic E-state index is 10.5. The predicted octanol–water partition coefficient (Wildman–Crippen LogP) is -0.277. The molecule has 1 fully saturated rings. The van der Waals surface area contributed by atoms with Crippen molar-refractivity contribution in [3.8, 4) is 0 Å². The zero-order chi connectivity index (χ0) is 15.0. The van der Waals surface area contributed by atoms with Crippen LogP contribution in [0.15, 0.2) is 12.7 Å². The van der Waals surface area contributed by atoms with Gasteiger partial charge in [-0.2, -0.15) is 0 Å². The Hall–Kier alpha value is -1.71. The van der Waals surface area contributed by atoms with Crippen LogP contribution >= 0.6 is 8.25 Å². The molecule has 0 spiro atoms. The number of anilines is 1. The summed E-state index contributed by atoms with van der Waals surface area (Å²) in [5, 5.41) is 9.93. The first-order valence-corrected chi connectivity index (χ1v) is 7.25. The zero-order valence-corrected chi connectivity index (χ0v) is 11.6. The molecule has 2 aromatic heterocycles. The standard InChI is InChI=1S/C10H12N5O5P/c11-9-8-10(13-3-12-9)15(4-14-8)7-1-5(16)6(20-7)2-19-21(17)18/h3-7,16H,1-2H2,(H2-,11,12,13,17,18)/p+1. The van der Waals surface area contributed by atoms with Gasteiger partial charge in [0, 0.05) is 11.0 Å². The van der Waals surface area contributed by atoms with Gasteiger partial charge in [-0.3, -0.25) is 4.57 Å². The van der Waals surface area contributed by atoms with E-state index in [0.717, 1.165) is 0 Å². The summed E-state index contributed by atoms with van der Waals surface area (Å²) in [7, 11) is -2.72. The predicted molar refractivity (Wildman–Crippen MR) is 70.0 cm³/mol. The van der Waals surface area contributed by atoms with E-state index >= 15 is 0 Å². The van der Waals surface area contributed by atoms with Gasteiger partial charge in [-0.15, -0.1) is 9.42 Å². The molecule has 1 aliphatic rings. The average molecular weight is 314 g/mol. The number of nitrogen functional groups attached to an aromatic ring is 1. The Morgan fingerprint density at radius 2 is 2.33 bits per heavy atom. The highest BCUT2D eigenvalue weighted by Gasteiger charge is 2.37. The molecule has 0 aromatic carbocycles. The van der Waals surface area contributed by atoms with Crippen LogP contribution in [0.4, 0.5) is 5.82 Å². The quantitative estimate of drug-likeness (QED) is 0.648. The molecule has 112 valence electrons. The summed E-state index contributed by atoms with van der Waals surface area (Å²) >= 11 is 0. The lowest BCUT2D eigenvalue weighted by Crippen LogP contribution is -2.25. The third-order valence-corrected chi connectivity index (χ3v) is 3.62. The Balaban J connectivity index is 1.81. The molecule has 0 saturated carbocycles. The van der Waals surface area contributed by atoms with E-state index in [2.05, 4.69) is 19.5 Å². The van der Waals surface area contributed by atoms with Crippen LogP contribution in [0.25, 0.3) is 11.2 Å². The Morgan fingerprint density at radius 3 is 3.10 bits per heavy atom. The Labute approximate surface area is 119 Å². The van der Waals surface area contributed by atoms with Gasteiger partial charge in [-0.1, -0.05) is 0 Å². The maximum absolute atomic E-state index is 10.5. The fourth-order valence-electron chi connectivity index (χ4n) is 2.25. The molecule has 1 aliphatic heterocycles. The van der Waals surface area contributed by atoms with E-state index in [9.17, 15) is 9.67 Å². The molecule has 21 heavy (non-hydrogen) atoms. The molecule has 10 nitrogen and oxygen atoms in total. The van der Waals surface area contributed by atoms with Crippen LogP contribution in [0.1, 0.15) is 12.6 Å². The van der Waals surface area contributed by atoms with Crippen molar-refractivity contribution in [3.63, 3.8) is 0 Å². The lowest BCUT2D eigenvalue weighted by atomic mass is 10.2. The van der Waals surface area contributed by atoms with Gasteiger partial charge in [0.1, 0.15) is 30.8 Å². The normalized spacial score (nSPS) is 26.4. The van der Waals surface area contributed by atoms with Gasteiger partial charge in [0.2, 0.25) is 0 Å². The van der Waals surface area contributed by atoms with Crippen molar-refractivity contribution in [2.24, 2.45) is 0 Å². The number of nitrogens with zero attached hydrogens (tertiary/aromatic N) is 4. The van der Waals surface area contributed by atoms with Crippen molar-refractivity contribution in [1.29, 1.82) is 0 Å². The summed E-state index contributed by atoms with van der Waals surface area (Å²) in [6.45, 7) is -0.173. The molecule has 2 aromatic rings. The van der Waals surface area contributed by atoms with Crippen LogP contribution < -0.4 is 5.73 Å². The van der Waals surface area contributed by atoms with Crippen molar-refractivity contribution in [1.82, 2.24) is 19.5 Å². The summed E-state index contributed by atoms with van der Waals surface area (Å²) in [5.74, 6) is 0.259. The first-order valence-electron chi connectivity index (χ1n) is 6.12. The third kappa shape index (κ3) is 2.71. The van der Waals surface area contributed by atoms with Gasteiger partial charge in [-0.05, 0) is 0 Å². The summed E-state index contributed by atoms with van der Waals surface area (Å²) in [5.41, 5.74) is 6.65. The second-order valence-electron chi connectivity index (χ2n) is 4.55. The van der Waals surface area contributed by atoms with Crippen LogP contribution in [0.2, 0.25) is 0 Å². The summed E-state index contributed by atoms with van der Waals surface area (Å²) in [6, 6.07) is 0. The molecule has 3 rings (SSSR count). The minimum Gasteiger partial charge on any atom is -0.390 e. The summed E-state index contributed by atoms with van der Waals surface area (Å²) < 4.78 is 22.4. The first-order chi connectivity index (χ1) is 10.1. The summed E-state index contributed by atoms with van der Waals surface area (Å²) in [4.78, 5) is 20.7. The molecule has 0 aliphatic carbocycles. The highest BCUT2D eigenvalue weighted by atomic mass is 31.1. The number of rotatable bonds is 4. The largest absolute Gasteiger partial charge is 0.694 e. The van der Waals surface area contributed by atoms with E-state index in [0.29, 0.717) is 11.2 Å². The van der Waals surface area contributed by atoms with Gasteiger partial charge in [0.05, 0.1) is 12.4 Å². The van der Waals surface area contributed by atoms with E-state index in [-0.39, 0.29) is 18.8 Å². The number of nitrogens with two attached hydrogens (primary N) is 1. The van der Waals surface area contributed by atoms with Crippen LogP contribution in [-0.4, -0.2) is 48.3 Å². The van der Waals surface area contributed by atoms with Gasteiger partial charge < -0.3 is 15.6 Å². The van der Waals surface area contributed by atoms with Gasteiger partial charge in [-0.25, -0.2) is 15.0 Å². The number of imidazole rings is 1. The average Bonchev–Trinajstić information content (AvgIpc) is 3.01. The van der Waals surface area contributed by atoms with Crippen LogP contribution in [0, 0.1) is 0 Å². The lowest BCUT2D eigenvalue weighted by molar-refractivity contribution is -0.0384. The molecule has 3 heterocycles. The molecule has 4 unspecified atom stereocenters. The fraction of sp³-hybridized carbons (Fsp3) is 0.500. The SMILES string of the molecule is Nc1ncnc2c1ncn2C1CC(O)C(CO[P+](=O)O)O1. The molecule has 4 N–H and O–H groups in total. The Kier molecular flexibility index (Phi) is 3.79. The number of aliphatic hydroxyl groups is 1. The zero-order valence-electron chi connectivity index (χ0n) is 10.7. The smallest absolute Gasteiger partial charge is 0.390 e. The minimum atomic E-state index is -2.72. The van der Waals surface area contributed by atoms with E-state index in [4.69, 9.17) is 15.4 Å². The number of hydrogen-bond acceptors (Lipinski definition) is 8. The summed E-state index contributed by atoms with van der Waals surface area (Å²) in [6.07, 6.45) is 1.08. The molecule has 1 saturated heterocycles. The van der Waals surface area contributed by atoms with Gasteiger partial charge >= 0.3 is 8.25 Å². The highest BCUT2D eigenvalue weighted by molar-refractivity contribution is 7.32. The highest BCUT2D eigenvalue weighted by Crippen LogP contribution is 2.32. The third-order valence-electron chi connectivity index (χ3n) is 3.25. The molecule has 0 amide bonds. The second kappa shape index (κ2) is 5.58. The van der Waals surface area contributed by atoms with Crippen molar-refractivity contribution >= 4 is 25.2 Å². The Bertz CT molecular complexity index is 679. The molecule has 0 bridgehead atoms.